The van der Waals surface area contributed by atoms with Gasteiger partial charge in [-0.05, 0) is 35.9 Å². The molecule has 3 rings (SSSR count). The molecule has 1 heterocycles. The number of rotatable bonds is 1. The van der Waals surface area contributed by atoms with Gasteiger partial charge < -0.3 is 20.1 Å². The molecule has 2 aromatic carbocycles. The molecule has 0 saturated carbocycles. The molecule has 5 heteroatoms. The van der Waals surface area contributed by atoms with Gasteiger partial charge in [0.15, 0.2) is 23.0 Å². The Morgan fingerprint density at radius 3 is 2.30 bits per heavy atom. The number of hydrogen-bond donors (Lipinski definition) is 3. The lowest BCUT2D eigenvalue weighted by atomic mass is 10.1. The second kappa shape index (κ2) is 4.31. The minimum Gasteiger partial charge on any atom is -0.504 e. The summed E-state index contributed by atoms with van der Waals surface area (Å²) in [5, 5.41) is 28.1. The van der Waals surface area contributed by atoms with Gasteiger partial charge in [0.25, 0.3) is 0 Å². The zero-order chi connectivity index (χ0) is 14.3. The van der Waals surface area contributed by atoms with E-state index in [9.17, 15) is 20.1 Å². The van der Waals surface area contributed by atoms with Crippen LogP contribution in [0.1, 0.15) is 15.9 Å². The standard InChI is InChI=1S/C15H10O5/c16-10-5-8(6-11(17)15(10)19)7-13-14(18)9-3-1-2-4-12(9)20-13/h1-7,16-17,19H/b13-7+. The smallest absolute Gasteiger partial charge is 0.231 e. The van der Waals surface area contributed by atoms with Gasteiger partial charge in [-0.2, -0.15) is 0 Å². The zero-order valence-electron chi connectivity index (χ0n) is 10.2. The Morgan fingerprint density at radius 2 is 1.65 bits per heavy atom. The fraction of sp³-hybridized carbons (Fsp3) is 0. The van der Waals surface area contributed by atoms with E-state index in [1.165, 1.54) is 18.2 Å². The van der Waals surface area contributed by atoms with Crippen molar-refractivity contribution in [3.8, 4) is 23.0 Å². The van der Waals surface area contributed by atoms with Crippen molar-refractivity contribution < 1.29 is 24.9 Å². The summed E-state index contributed by atoms with van der Waals surface area (Å²) in [6, 6.07) is 9.28. The number of ketones is 1. The van der Waals surface area contributed by atoms with Crippen molar-refractivity contribution >= 4 is 11.9 Å². The van der Waals surface area contributed by atoms with E-state index in [0.29, 0.717) is 16.9 Å². The van der Waals surface area contributed by atoms with E-state index in [2.05, 4.69) is 0 Å². The third kappa shape index (κ3) is 1.85. The van der Waals surface area contributed by atoms with Crippen molar-refractivity contribution in [1.82, 2.24) is 0 Å². The lowest BCUT2D eigenvalue weighted by Gasteiger charge is -2.03. The monoisotopic (exact) mass is 270 g/mol. The van der Waals surface area contributed by atoms with Crippen LogP contribution >= 0.6 is 0 Å². The molecule has 1 aliphatic heterocycles. The van der Waals surface area contributed by atoms with E-state index in [0.717, 1.165) is 0 Å². The van der Waals surface area contributed by atoms with Gasteiger partial charge >= 0.3 is 0 Å². The molecule has 100 valence electrons. The predicted molar refractivity (Wildman–Crippen MR) is 70.8 cm³/mol. The van der Waals surface area contributed by atoms with Crippen molar-refractivity contribution in [3.05, 3.63) is 53.3 Å². The zero-order valence-corrected chi connectivity index (χ0v) is 10.2. The van der Waals surface area contributed by atoms with E-state index in [1.807, 2.05) is 0 Å². The molecule has 0 saturated heterocycles. The number of ether oxygens (including phenoxy) is 1. The first-order valence-corrected chi connectivity index (χ1v) is 5.84. The van der Waals surface area contributed by atoms with Crippen LogP contribution in [0, 0.1) is 0 Å². The van der Waals surface area contributed by atoms with Gasteiger partial charge in [0.1, 0.15) is 5.75 Å². The van der Waals surface area contributed by atoms with Gasteiger partial charge in [0.2, 0.25) is 5.78 Å². The summed E-state index contributed by atoms with van der Waals surface area (Å²) in [6.07, 6.45) is 1.39. The summed E-state index contributed by atoms with van der Waals surface area (Å²) in [7, 11) is 0. The van der Waals surface area contributed by atoms with E-state index < -0.39 is 17.2 Å². The molecule has 2 aromatic rings. The third-order valence-corrected chi connectivity index (χ3v) is 2.97. The van der Waals surface area contributed by atoms with Crippen molar-refractivity contribution in [2.75, 3.05) is 0 Å². The average molecular weight is 270 g/mol. The lowest BCUT2D eigenvalue weighted by molar-refractivity contribution is 0.101. The highest BCUT2D eigenvalue weighted by atomic mass is 16.5. The first-order valence-electron chi connectivity index (χ1n) is 5.84. The summed E-state index contributed by atoms with van der Waals surface area (Å²) in [4.78, 5) is 12.1. The number of allylic oxidation sites excluding steroid dienone is 1. The summed E-state index contributed by atoms with van der Waals surface area (Å²) in [5.74, 6) is -1.26. The molecule has 3 N–H and O–H groups in total. The average Bonchev–Trinajstić information content (AvgIpc) is 2.73. The Kier molecular flexibility index (Phi) is 2.61. The molecule has 0 atom stereocenters. The van der Waals surface area contributed by atoms with E-state index in [1.54, 1.807) is 24.3 Å². The third-order valence-electron chi connectivity index (χ3n) is 2.97. The number of carbonyl (C=O) groups excluding carboxylic acids is 1. The van der Waals surface area contributed by atoms with Crippen LogP contribution in [-0.2, 0) is 0 Å². The quantitative estimate of drug-likeness (QED) is 0.547. The van der Waals surface area contributed by atoms with Gasteiger partial charge in [0.05, 0.1) is 5.56 Å². The molecule has 0 amide bonds. The van der Waals surface area contributed by atoms with Crippen molar-refractivity contribution in [2.45, 2.75) is 0 Å². The number of fused-ring (bicyclic) bond motifs is 1. The van der Waals surface area contributed by atoms with Gasteiger partial charge in [-0.15, -0.1) is 0 Å². The summed E-state index contributed by atoms with van der Waals surface area (Å²) in [6.45, 7) is 0. The van der Waals surface area contributed by atoms with Crippen molar-refractivity contribution in [3.63, 3.8) is 0 Å². The van der Waals surface area contributed by atoms with Crippen LogP contribution in [0.2, 0.25) is 0 Å². The number of benzene rings is 2. The van der Waals surface area contributed by atoms with Gasteiger partial charge in [-0.3, -0.25) is 4.79 Å². The van der Waals surface area contributed by atoms with E-state index in [-0.39, 0.29) is 11.5 Å². The number of Topliss-reactive ketones (excluding diaryl/α,β-unsaturated/α-hetero) is 1. The highest BCUT2D eigenvalue weighted by molar-refractivity contribution is 6.14. The number of hydrogen-bond acceptors (Lipinski definition) is 5. The molecule has 0 unspecified atom stereocenters. The van der Waals surface area contributed by atoms with Crippen LogP contribution in [0.3, 0.4) is 0 Å². The Balaban J connectivity index is 2.02. The highest BCUT2D eigenvalue weighted by Gasteiger charge is 2.26. The van der Waals surface area contributed by atoms with Crippen molar-refractivity contribution in [2.24, 2.45) is 0 Å². The van der Waals surface area contributed by atoms with Crippen LogP contribution in [0.15, 0.2) is 42.2 Å². The molecular weight excluding hydrogens is 260 g/mol. The summed E-state index contributed by atoms with van der Waals surface area (Å²) < 4.78 is 5.42. The molecule has 0 fully saturated rings. The number of carbonyl (C=O) groups is 1. The SMILES string of the molecule is O=C1/C(=C\c2cc(O)c(O)c(O)c2)Oc2ccccc21. The Labute approximate surface area is 114 Å². The predicted octanol–water partition coefficient (Wildman–Crippen LogP) is 2.42. The van der Waals surface area contributed by atoms with Gasteiger partial charge in [0, 0.05) is 0 Å². The lowest BCUT2D eigenvalue weighted by Crippen LogP contribution is -1.97. The molecule has 0 aromatic heterocycles. The van der Waals surface area contributed by atoms with Crippen LogP contribution in [0.5, 0.6) is 23.0 Å². The van der Waals surface area contributed by atoms with Crippen LogP contribution in [0.4, 0.5) is 0 Å². The fourth-order valence-electron chi connectivity index (χ4n) is 2.00. The second-order valence-corrected chi connectivity index (χ2v) is 4.34. The van der Waals surface area contributed by atoms with Crippen LogP contribution < -0.4 is 4.74 Å². The number of phenolic OH excluding ortho intramolecular Hbond substituents is 3. The topological polar surface area (TPSA) is 87.0 Å². The minimum atomic E-state index is -0.603. The number of para-hydroxylation sites is 1. The second-order valence-electron chi connectivity index (χ2n) is 4.34. The molecule has 0 spiro atoms. The first kappa shape index (κ1) is 12.1. The Hall–Kier alpha value is -2.95. The largest absolute Gasteiger partial charge is 0.504 e. The summed E-state index contributed by atoms with van der Waals surface area (Å²) >= 11 is 0. The summed E-state index contributed by atoms with van der Waals surface area (Å²) in [5.41, 5.74) is 0.805. The maximum atomic E-state index is 12.1. The fourth-order valence-corrected chi connectivity index (χ4v) is 2.00. The van der Waals surface area contributed by atoms with Gasteiger partial charge in [-0.1, -0.05) is 12.1 Å². The molecule has 0 aliphatic carbocycles. The molecule has 5 nitrogen and oxygen atoms in total. The number of phenols is 3. The van der Waals surface area contributed by atoms with Gasteiger partial charge in [-0.25, -0.2) is 0 Å². The van der Waals surface area contributed by atoms with E-state index >= 15 is 0 Å². The molecule has 20 heavy (non-hydrogen) atoms. The van der Waals surface area contributed by atoms with Crippen molar-refractivity contribution in [1.29, 1.82) is 0 Å². The molecule has 1 aliphatic rings. The molecule has 0 radical (unpaired) electrons. The highest BCUT2D eigenvalue weighted by Crippen LogP contribution is 2.37. The van der Waals surface area contributed by atoms with E-state index in [4.69, 9.17) is 4.74 Å². The minimum absolute atomic E-state index is 0.0932. The van der Waals surface area contributed by atoms with Crippen LogP contribution in [0.25, 0.3) is 6.08 Å². The maximum Gasteiger partial charge on any atom is 0.231 e. The van der Waals surface area contributed by atoms with Crippen LogP contribution in [-0.4, -0.2) is 21.1 Å². The maximum absolute atomic E-state index is 12.1. The first-order chi connectivity index (χ1) is 9.56. The normalized spacial score (nSPS) is 15.2. The Morgan fingerprint density at radius 1 is 1.00 bits per heavy atom. The molecule has 0 bridgehead atoms. The number of aromatic hydroxyl groups is 3. The molecular formula is C15H10O5. The Bertz CT molecular complexity index is 723.